The molecule has 13 rings (SSSR count). The largest absolute Gasteiger partial charge is 0.308 e. The summed E-state index contributed by atoms with van der Waals surface area (Å²) in [5.74, 6) is 0. The van der Waals surface area contributed by atoms with Gasteiger partial charge in [0.2, 0.25) is 0 Å². The Morgan fingerprint density at radius 2 is 0.950 bits per heavy atom. The van der Waals surface area contributed by atoms with Gasteiger partial charge in [-0.1, -0.05) is 166 Å². The Morgan fingerprint density at radius 1 is 0.400 bits per heavy atom. The third-order valence-electron chi connectivity index (χ3n) is 13.8. The van der Waals surface area contributed by atoms with Gasteiger partial charge >= 0.3 is 0 Å². The number of aromatic nitrogens is 1. The van der Waals surface area contributed by atoms with Crippen molar-refractivity contribution < 1.29 is 0 Å². The minimum absolute atomic E-state index is 0.0109. The first kappa shape index (κ1) is 33.5. The molecule has 2 nitrogen and oxygen atoms in total. The van der Waals surface area contributed by atoms with E-state index in [9.17, 15) is 0 Å². The number of hydrogen-bond donors (Lipinski definition) is 0. The van der Waals surface area contributed by atoms with E-state index in [0.717, 1.165) is 23.5 Å². The monoisotopic (exact) mass is 764 g/mol. The molecular formula is C58H40N2. The lowest BCUT2D eigenvalue weighted by Gasteiger charge is -2.27. The standard InChI is InChI=1S/C58H40N2/c1-58(2)52-18-7-5-13-46(52)51-35-39(26-32-53(51)58)37-23-29-43(30-24-37)59(42-27-21-36(22-28-42)38-25-31-45-41(33-38)34-40-11-3-4-12-44(40)45)55-20-10-17-50-49-16-9-15-48-47-14-6-8-19-54(47)60(56(48)49)57(50)55/h3-33,35H,34H2,1-2H3. The van der Waals surface area contributed by atoms with Crippen LogP contribution in [0.3, 0.4) is 0 Å². The summed E-state index contributed by atoms with van der Waals surface area (Å²) in [4.78, 5) is 2.46. The Hall–Kier alpha value is -7.42. The lowest BCUT2D eigenvalue weighted by atomic mass is 9.82. The Kier molecular flexibility index (Phi) is 6.88. The fourth-order valence-corrected chi connectivity index (χ4v) is 10.9. The molecule has 2 heterocycles. The highest BCUT2D eigenvalue weighted by Gasteiger charge is 2.35. The van der Waals surface area contributed by atoms with E-state index >= 15 is 0 Å². The Balaban J connectivity index is 0.962. The molecule has 11 aromatic rings. The quantitative estimate of drug-likeness (QED) is 0.169. The third-order valence-corrected chi connectivity index (χ3v) is 13.8. The highest BCUT2D eigenvalue weighted by atomic mass is 15.2. The minimum Gasteiger partial charge on any atom is -0.308 e. The van der Waals surface area contributed by atoms with E-state index < -0.39 is 0 Å². The van der Waals surface area contributed by atoms with E-state index in [4.69, 9.17) is 0 Å². The van der Waals surface area contributed by atoms with Gasteiger partial charge in [-0.25, -0.2) is 0 Å². The fraction of sp³-hybridized carbons (Fsp3) is 0.0690. The van der Waals surface area contributed by atoms with Gasteiger partial charge in [-0.15, -0.1) is 0 Å². The molecule has 9 aromatic carbocycles. The van der Waals surface area contributed by atoms with E-state index in [1.165, 1.54) is 105 Å². The minimum atomic E-state index is -0.0109. The van der Waals surface area contributed by atoms with Crippen LogP contribution in [0, 0.1) is 0 Å². The van der Waals surface area contributed by atoms with Gasteiger partial charge in [-0.2, -0.15) is 0 Å². The summed E-state index contributed by atoms with van der Waals surface area (Å²) in [6, 6.07) is 72.6. The first-order chi connectivity index (χ1) is 29.5. The van der Waals surface area contributed by atoms with E-state index in [1.807, 2.05) is 0 Å². The maximum Gasteiger partial charge on any atom is 0.0782 e. The van der Waals surface area contributed by atoms with Crippen molar-refractivity contribution in [2.45, 2.75) is 25.7 Å². The van der Waals surface area contributed by atoms with E-state index in [-0.39, 0.29) is 5.41 Å². The van der Waals surface area contributed by atoms with E-state index in [2.05, 4.69) is 217 Å². The predicted molar refractivity (Wildman–Crippen MR) is 252 cm³/mol. The van der Waals surface area contributed by atoms with Crippen molar-refractivity contribution in [3.05, 3.63) is 216 Å². The maximum absolute atomic E-state index is 2.51. The molecule has 0 saturated heterocycles. The van der Waals surface area contributed by atoms with E-state index in [0.29, 0.717) is 0 Å². The highest BCUT2D eigenvalue weighted by Crippen LogP contribution is 2.50. The molecule has 0 saturated carbocycles. The number of hydrogen-bond acceptors (Lipinski definition) is 1. The first-order valence-electron chi connectivity index (χ1n) is 21.1. The second-order valence-electron chi connectivity index (χ2n) is 17.3. The molecule has 2 aromatic heterocycles. The Bertz CT molecular complexity index is 3530. The van der Waals surface area contributed by atoms with Crippen molar-refractivity contribution in [2.24, 2.45) is 0 Å². The maximum atomic E-state index is 2.51. The molecule has 2 aliphatic carbocycles. The SMILES string of the molecule is CC1(C)c2ccccc2-c2cc(-c3ccc(N(c4ccc(-c5ccc6c(c5)Cc5ccccc5-6)cc4)c4cccc5c6cccc7c8ccccc8n(c45)c76)cc3)ccc21. The van der Waals surface area contributed by atoms with Crippen molar-refractivity contribution in [1.82, 2.24) is 4.40 Å². The zero-order valence-corrected chi connectivity index (χ0v) is 33.6. The first-order valence-corrected chi connectivity index (χ1v) is 21.1. The van der Waals surface area contributed by atoms with Crippen LogP contribution in [0.1, 0.15) is 36.1 Å². The second-order valence-corrected chi connectivity index (χ2v) is 17.3. The third kappa shape index (κ3) is 4.65. The van der Waals surface area contributed by atoms with Gasteiger partial charge in [-0.05, 0) is 116 Å². The van der Waals surface area contributed by atoms with Crippen molar-refractivity contribution in [3.8, 4) is 44.5 Å². The number of nitrogens with zero attached hydrogens (tertiary/aromatic N) is 2. The molecule has 282 valence electrons. The summed E-state index contributed by atoms with van der Waals surface area (Å²) >= 11 is 0. The molecule has 0 bridgehead atoms. The summed E-state index contributed by atoms with van der Waals surface area (Å²) in [7, 11) is 0. The molecule has 0 amide bonds. The van der Waals surface area contributed by atoms with Gasteiger partial charge in [0, 0.05) is 38.3 Å². The van der Waals surface area contributed by atoms with Gasteiger partial charge in [-0.3, -0.25) is 0 Å². The van der Waals surface area contributed by atoms with Crippen LogP contribution >= 0.6 is 0 Å². The van der Waals surface area contributed by atoms with Crippen molar-refractivity contribution in [3.63, 3.8) is 0 Å². The number of para-hydroxylation sites is 3. The fourth-order valence-electron chi connectivity index (χ4n) is 10.9. The van der Waals surface area contributed by atoms with Crippen LogP contribution < -0.4 is 4.90 Å². The van der Waals surface area contributed by atoms with Crippen molar-refractivity contribution in [2.75, 3.05) is 4.90 Å². The Labute approximate surface area is 349 Å². The van der Waals surface area contributed by atoms with Gasteiger partial charge in [0.1, 0.15) is 0 Å². The van der Waals surface area contributed by atoms with Crippen molar-refractivity contribution in [1.29, 1.82) is 0 Å². The smallest absolute Gasteiger partial charge is 0.0782 e. The van der Waals surface area contributed by atoms with Crippen LogP contribution in [0.5, 0.6) is 0 Å². The van der Waals surface area contributed by atoms with Gasteiger partial charge in [0.05, 0.1) is 22.2 Å². The number of fused-ring (bicyclic) bond motifs is 12. The Morgan fingerprint density at radius 3 is 1.73 bits per heavy atom. The molecule has 0 unspecified atom stereocenters. The average molecular weight is 765 g/mol. The summed E-state index contributed by atoms with van der Waals surface area (Å²) in [5.41, 5.74) is 23.1. The number of anilines is 3. The van der Waals surface area contributed by atoms with Crippen molar-refractivity contribution >= 4 is 55.2 Å². The van der Waals surface area contributed by atoms with Gasteiger partial charge < -0.3 is 9.30 Å². The van der Waals surface area contributed by atoms with E-state index in [1.54, 1.807) is 0 Å². The second kappa shape index (κ2) is 12.3. The molecule has 0 atom stereocenters. The molecule has 60 heavy (non-hydrogen) atoms. The van der Waals surface area contributed by atoms with Crippen LogP contribution in [-0.2, 0) is 11.8 Å². The van der Waals surface area contributed by atoms with Gasteiger partial charge in [0.25, 0.3) is 0 Å². The topological polar surface area (TPSA) is 7.65 Å². The highest BCUT2D eigenvalue weighted by molar-refractivity contribution is 6.25. The molecule has 0 N–H and O–H groups in total. The van der Waals surface area contributed by atoms with Crippen LogP contribution in [0.15, 0.2) is 194 Å². The summed E-state index contributed by atoms with van der Waals surface area (Å²) in [5, 5.41) is 5.13. The zero-order chi connectivity index (χ0) is 39.7. The number of rotatable bonds is 5. The molecule has 0 fully saturated rings. The van der Waals surface area contributed by atoms with Crippen LogP contribution in [0.25, 0.3) is 82.6 Å². The molecule has 0 radical (unpaired) electrons. The van der Waals surface area contributed by atoms with Gasteiger partial charge in [0.15, 0.2) is 0 Å². The van der Waals surface area contributed by atoms with Crippen LogP contribution in [0.4, 0.5) is 17.1 Å². The predicted octanol–water partition coefficient (Wildman–Crippen LogP) is 15.5. The number of benzene rings is 9. The molecule has 2 aliphatic rings. The summed E-state index contributed by atoms with van der Waals surface area (Å²) in [6.45, 7) is 4.69. The lowest BCUT2D eigenvalue weighted by Crippen LogP contribution is -2.14. The molecule has 0 spiro atoms. The molecule has 2 heteroatoms. The molecular weight excluding hydrogens is 725 g/mol. The summed E-state index contributed by atoms with van der Waals surface area (Å²) < 4.78 is 2.51. The average Bonchev–Trinajstić information content (AvgIpc) is 4.02. The summed E-state index contributed by atoms with van der Waals surface area (Å²) in [6.07, 6.45) is 0.987. The molecule has 0 aliphatic heterocycles. The lowest BCUT2D eigenvalue weighted by molar-refractivity contribution is 0.660. The zero-order valence-electron chi connectivity index (χ0n) is 33.6. The van der Waals surface area contributed by atoms with Crippen LogP contribution in [-0.4, -0.2) is 4.40 Å². The normalized spacial score (nSPS) is 13.6. The van der Waals surface area contributed by atoms with Crippen LogP contribution in [0.2, 0.25) is 0 Å².